The first-order valence-corrected chi connectivity index (χ1v) is 12.5. The lowest BCUT2D eigenvalue weighted by Crippen LogP contribution is -2.51. The van der Waals surface area contributed by atoms with Crippen LogP contribution in [-0.2, 0) is 22.7 Å². The highest BCUT2D eigenvalue weighted by atomic mass is 16.2. The van der Waals surface area contributed by atoms with E-state index in [0.29, 0.717) is 39.1 Å². The SMILES string of the molecule is CCCn1c(=O)n(CCC(=O)N2CCN(CC(=O)N3CCCCCC3)CC2)c2ccccc21. The fourth-order valence-electron chi connectivity index (χ4n) is 5.06. The van der Waals surface area contributed by atoms with E-state index in [0.717, 1.165) is 56.5 Å². The third kappa shape index (κ3) is 5.49. The molecular weight excluding hydrogens is 418 g/mol. The molecule has 0 spiro atoms. The maximum atomic E-state index is 12.9. The molecule has 8 nitrogen and oxygen atoms in total. The normalized spacial score (nSPS) is 18.0. The molecule has 33 heavy (non-hydrogen) atoms. The van der Waals surface area contributed by atoms with Crippen LogP contribution < -0.4 is 5.69 Å². The summed E-state index contributed by atoms with van der Waals surface area (Å²) in [5, 5.41) is 0. The second kappa shape index (κ2) is 11.0. The first kappa shape index (κ1) is 23.5. The summed E-state index contributed by atoms with van der Waals surface area (Å²) < 4.78 is 3.54. The van der Waals surface area contributed by atoms with Gasteiger partial charge in [-0.25, -0.2) is 4.79 Å². The first-order valence-electron chi connectivity index (χ1n) is 12.5. The first-order chi connectivity index (χ1) is 16.1. The summed E-state index contributed by atoms with van der Waals surface area (Å²) in [4.78, 5) is 44.5. The third-order valence-electron chi connectivity index (χ3n) is 6.96. The van der Waals surface area contributed by atoms with Crippen LogP contribution in [-0.4, -0.2) is 81.5 Å². The molecule has 1 aromatic heterocycles. The van der Waals surface area contributed by atoms with E-state index in [9.17, 15) is 14.4 Å². The van der Waals surface area contributed by atoms with E-state index in [2.05, 4.69) is 11.8 Å². The average Bonchev–Trinajstić information content (AvgIpc) is 3.00. The Morgan fingerprint density at radius 3 is 1.94 bits per heavy atom. The van der Waals surface area contributed by atoms with E-state index < -0.39 is 0 Å². The minimum absolute atomic E-state index is 0.0392. The van der Waals surface area contributed by atoms with Crippen molar-refractivity contribution < 1.29 is 9.59 Å². The number of benzene rings is 1. The minimum Gasteiger partial charge on any atom is -0.342 e. The van der Waals surface area contributed by atoms with Crippen LogP contribution in [0.4, 0.5) is 0 Å². The molecule has 3 heterocycles. The Hall–Kier alpha value is -2.61. The second-order valence-electron chi connectivity index (χ2n) is 9.28. The number of hydrogen-bond donors (Lipinski definition) is 0. The summed E-state index contributed by atoms with van der Waals surface area (Å²) in [6.07, 6.45) is 5.85. The monoisotopic (exact) mass is 455 g/mol. The lowest BCUT2D eigenvalue weighted by atomic mass is 10.2. The van der Waals surface area contributed by atoms with Gasteiger partial charge in [0.15, 0.2) is 0 Å². The van der Waals surface area contributed by atoms with Gasteiger partial charge in [0.25, 0.3) is 0 Å². The number of imidazole rings is 1. The topological polar surface area (TPSA) is 70.8 Å². The predicted octanol–water partition coefficient (Wildman–Crippen LogP) is 2.15. The number of rotatable bonds is 7. The summed E-state index contributed by atoms with van der Waals surface area (Å²) >= 11 is 0. The Labute approximate surface area is 195 Å². The van der Waals surface area contributed by atoms with Crippen molar-refractivity contribution >= 4 is 22.8 Å². The molecule has 4 rings (SSSR count). The van der Waals surface area contributed by atoms with Crippen LogP contribution in [0.5, 0.6) is 0 Å². The number of aromatic nitrogens is 2. The summed E-state index contributed by atoms with van der Waals surface area (Å²) in [5.74, 6) is 0.298. The summed E-state index contributed by atoms with van der Waals surface area (Å²) in [7, 11) is 0. The number of hydrogen-bond acceptors (Lipinski definition) is 4. The summed E-state index contributed by atoms with van der Waals surface area (Å²) in [5.41, 5.74) is 1.78. The van der Waals surface area contributed by atoms with Crippen molar-refractivity contribution in [3.8, 4) is 0 Å². The fraction of sp³-hybridized carbons (Fsp3) is 0.640. The predicted molar refractivity (Wildman–Crippen MR) is 129 cm³/mol. The van der Waals surface area contributed by atoms with Crippen LogP contribution in [0.15, 0.2) is 29.1 Å². The van der Waals surface area contributed by atoms with Gasteiger partial charge in [-0.15, -0.1) is 0 Å². The van der Waals surface area contributed by atoms with Crippen LogP contribution in [0.3, 0.4) is 0 Å². The summed E-state index contributed by atoms with van der Waals surface area (Å²) in [6, 6.07) is 7.80. The number of para-hydroxylation sites is 2. The van der Waals surface area contributed by atoms with Crippen LogP contribution in [0.1, 0.15) is 45.4 Å². The van der Waals surface area contributed by atoms with Gasteiger partial charge in [-0.1, -0.05) is 31.9 Å². The average molecular weight is 456 g/mol. The number of aryl methyl sites for hydroxylation is 2. The zero-order valence-electron chi connectivity index (χ0n) is 19.9. The van der Waals surface area contributed by atoms with E-state index in [1.807, 2.05) is 34.1 Å². The van der Waals surface area contributed by atoms with Gasteiger partial charge in [0, 0.05) is 58.8 Å². The number of fused-ring (bicyclic) bond motifs is 1. The molecule has 0 saturated carbocycles. The molecule has 8 heteroatoms. The van der Waals surface area contributed by atoms with Crippen LogP contribution in [0.2, 0.25) is 0 Å². The maximum Gasteiger partial charge on any atom is 0.329 e. The number of likely N-dealkylation sites (tertiary alicyclic amines) is 1. The zero-order valence-corrected chi connectivity index (χ0v) is 19.9. The largest absolute Gasteiger partial charge is 0.342 e. The van der Waals surface area contributed by atoms with E-state index in [4.69, 9.17) is 0 Å². The van der Waals surface area contributed by atoms with Crippen molar-refractivity contribution in [3.05, 3.63) is 34.7 Å². The molecule has 0 bridgehead atoms. The van der Waals surface area contributed by atoms with Crippen molar-refractivity contribution in [2.45, 2.75) is 58.5 Å². The standard InChI is InChI=1S/C25H37N5O3/c1-2-12-29-21-9-5-6-10-22(21)30(25(29)33)15-11-23(31)28-18-16-26(17-19-28)20-24(32)27-13-7-3-4-8-14-27/h5-6,9-10H,2-4,7-8,11-20H2,1H3. The van der Waals surface area contributed by atoms with Gasteiger partial charge >= 0.3 is 5.69 Å². The Balaban J connectivity index is 1.29. The smallest absolute Gasteiger partial charge is 0.329 e. The number of amides is 2. The molecule has 2 aliphatic heterocycles. The highest BCUT2D eigenvalue weighted by Crippen LogP contribution is 2.15. The number of carbonyl (C=O) groups is 2. The van der Waals surface area contributed by atoms with Crippen LogP contribution >= 0.6 is 0 Å². The van der Waals surface area contributed by atoms with Gasteiger partial charge in [0.1, 0.15) is 0 Å². The molecule has 0 atom stereocenters. The molecule has 1 aromatic carbocycles. The van der Waals surface area contributed by atoms with E-state index >= 15 is 0 Å². The van der Waals surface area contributed by atoms with Gasteiger partial charge in [-0.05, 0) is 31.4 Å². The molecule has 2 aliphatic rings. The van der Waals surface area contributed by atoms with Crippen LogP contribution in [0.25, 0.3) is 11.0 Å². The van der Waals surface area contributed by atoms with Crippen molar-refractivity contribution in [1.29, 1.82) is 0 Å². The van der Waals surface area contributed by atoms with Gasteiger partial charge in [-0.2, -0.15) is 0 Å². The Morgan fingerprint density at radius 2 is 1.33 bits per heavy atom. The van der Waals surface area contributed by atoms with E-state index in [1.54, 1.807) is 9.13 Å². The fourth-order valence-corrected chi connectivity index (χ4v) is 5.06. The number of carbonyl (C=O) groups excluding carboxylic acids is 2. The maximum absolute atomic E-state index is 12.9. The molecule has 2 aromatic rings. The van der Waals surface area contributed by atoms with Gasteiger partial charge in [0.2, 0.25) is 11.8 Å². The molecule has 180 valence electrons. The quantitative estimate of drug-likeness (QED) is 0.642. The van der Waals surface area contributed by atoms with Gasteiger partial charge < -0.3 is 9.80 Å². The minimum atomic E-state index is -0.0392. The molecule has 0 N–H and O–H groups in total. The Morgan fingerprint density at radius 1 is 0.758 bits per heavy atom. The molecular formula is C25H37N5O3. The van der Waals surface area contributed by atoms with Crippen molar-refractivity contribution in [2.24, 2.45) is 0 Å². The van der Waals surface area contributed by atoms with E-state index in [1.165, 1.54) is 12.8 Å². The third-order valence-corrected chi connectivity index (χ3v) is 6.96. The highest BCUT2D eigenvalue weighted by molar-refractivity contribution is 5.79. The van der Waals surface area contributed by atoms with Crippen molar-refractivity contribution in [1.82, 2.24) is 23.8 Å². The highest BCUT2D eigenvalue weighted by Gasteiger charge is 2.25. The Kier molecular flexibility index (Phi) is 7.85. The van der Waals surface area contributed by atoms with Gasteiger partial charge in [-0.3, -0.25) is 23.6 Å². The molecule has 0 radical (unpaired) electrons. The zero-order chi connectivity index (χ0) is 23.2. The molecule has 0 aliphatic carbocycles. The number of piperazine rings is 1. The summed E-state index contributed by atoms with van der Waals surface area (Å²) in [6.45, 7) is 8.06. The lowest BCUT2D eigenvalue weighted by molar-refractivity contribution is -0.135. The lowest BCUT2D eigenvalue weighted by Gasteiger charge is -2.35. The van der Waals surface area contributed by atoms with Crippen LogP contribution in [0, 0.1) is 0 Å². The van der Waals surface area contributed by atoms with Crippen molar-refractivity contribution in [2.75, 3.05) is 45.8 Å². The van der Waals surface area contributed by atoms with Crippen molar-refractivity contribution in [3.63, 3.8) is 0 Å². The molecule has 2 fully saturated rings. The van der Waals surface area contributed by atoms with Gasteiger partial charge in [0.05, 0.1) is 17.6 Å². The number of nitrogens with zero attached hydrogens (tertiary/aromatic N) is 5. The molecule has 2 amide bonds. The molecule has 2 saturated heterocycles. The Bertz CT molecular complexity index is 1010. The van der Waals surface area contributed by atoms with E-state index in [-0.39, 0.29) is 17.5 Å². The molecule has 0 unspecified atom stereocenters. The second-order valence-corrected chi connectivity index (χ2v) is 9.28.